The van der Waals surface area contributed by atoms with E-state index in [1.165, 1.54) is 0 Å². The number of carbonyl (C=O) groups is 1. The summed E-state index contributed by atoms with van der Waals surface area (Å²) >= 11 is 0. The van der Waals surface area contributed by atoms with E-state index in [9.17, 15) is 4.79 Å². The maximum atomic E-state index is 12.5. The molecule has 1 amide bonds. The molecule has 0 saturated carbocycles. The van der Waals surface area contributed by atoms with Crippen LogP contribution in [0.25, 0.3) is 0 Å². The SMILES string of the molecule is Cc1ccccc1NC(=O)[C@@H](C)N1CCN(Cc2ccco2)CC1. The molecule has 1 saturated heterocycles. The van der Waals surface area contributed by atoms with Gasteiger partial charge in [0.25, 0.3) is 0 Å². The molecule has 1 atom stereocenters. The minimum atomic E-state index is -0.129. The maximum Gasteiger partial charge on any atom is 0.241 e. The van der Waals surface area contributed by atoms with E-state index in [-0.39, 0.29) is 11.9 Å². The Morgan fingerprint density at radius 3 is 2.58 bits per heavy atom. The quantitative estimate of drug-likeness (QED) is 0.917. The summed E-state index contributed by atoms with van der Waals surface area (Å²) in [5.41, 5.74) is 1.98. The molecule has 0 bridgehead atoms. The second kappa shape index (κ2) is 7.64. The van der Waals surface area contributed by atoms with Gasteiger partial charge in [-0.05, 0) is 37.6 Å². The Kier molecular flexibility index (Phi) is 5.33. The first-order chi connectivity index (χ1) is 11.6. The van der Waals surface area contributed by atoms with E-state index >= 15 is 0 Å². The van der Waals surface area contributed by atoms with Gasteiger partial charge in [0.1, 0.15) is 5.76 Å². The fourth-order valence-electron chi connectivity index (χ4n) is 3.05. The molecule has 1 aromatic heterocycles. The topological polar surface area (TPSA) is 48.7 Å². The highest BCUT2D eigenvalue weighted by molar-refractivity contribution is 5.95. The third kappa shape index (κ3) is 4.04. The van der Waals surface area contributed by atoms with E-state index in [0.29, 0.717) is 0 Å². The maximum absolute atomic E-state index is 12.5. The van der Waals surface area contributed by atoms with Crippen molar-refractivity contribution in [3.8, 4) is 0 Å². The molecule has 5 heteroatoms. The van der Waals surface area contributed by atoms with Crippen LogP contribution in [0.1, 0.15) is 18.2 Å². The van der Waals surface area contributed by atoms with Crippen molar-refractivity contribution in [3.05, 3.63) is 54.0 Å². The summed E-state index contributed by atoms with van der Waals surface area (Å²) in [5, 5.41) is 3.05. The van der Waals surface area contributed by atoms with Crippen molar-refractivity contribution in [2.75, 3.05) is 31.5 Å². The van der Waals surface area contributed by atoms with Gasteiger partial charge in [0.2, 0.25) is 5.91 Å². The molecule has 2 aromatic rings. The summed E-state index contributed by atoms with van der Waals surface area (Å²) in [4.78, 5) is 17.1. The first-order valence-corrected chi connectivity index (χ1v) is 8.49. The fraction of sp³-hybridized carbons (Fsp3) is 0.421. The predicted octanol–water partition coefficient (Wildman–Crippen LogP) is 2.73. The van der Waals surface area contributed by atoms with E-state index in [0.717, 1.165) is 49.7 Å². The summed E-state index contributed by atoms with van der Waals surface area (Å²) in [6.45, 7) is 8.51. The Bertz CT molecular complexity index is 661. The Labute approximate surface area is 143 Å². The fourth-order valence-corrected chi connectivity index (χ4v) is 3.05. The number of furan rings is 1. The molecular formula is C19H25N3O2. The van der Waals surface area contributed by atoms with Crippen LogP contribution in [-0.4, -0.2) is 47.9 Å². The number of para-hydroxylation sites is 1. The lowest BCUT2D eigenvalue weighted by molar-refractivity contribution is -0.121. The molecule has 0 radical (unpaired) electrons. The summed E-state index contributed by atoms with van der Waals surface area (Å²) in [5.74, 6) is 1.05. The standard InChI is InChI=1S/C19H25N3O2/c1-15-6-3-4-8-18(15)20-19(23)16(2)22-11-9-21(10-12-22)14-17-7-5-13-24-17/h3-8,13,16H,9-12,14H2,1-2H3,(H,20,23)/t16-/m1/s1. The lowest BCUT2D eigenvalue weighted by Crippen LogP contribution is -2.52. The monoisotopic (exact) mass is 327 g/mol. The summed E-state index contributed by atoms with van der Waals surface area (Å²) in [7, 11) is 0. The van der Waals surface area contributed by atoms with Crippen LogP contribution < -0.4 is 5.32 Å². The molecule has 1 aliphatic rings. The molecule has 24 heavy (non-hydrogen) atoms. The second-order valence-electron chi connectivity index (χ2n) is 6.37. The van der Waals surface area contributed by atoms with Gasteiger partial charge in [-0.3, -0.25) is 14.6 Å². The first-order valence-electron chi connectivity index (χ1n) is 8.49. The smallest absolute Gasteiger partial charge is 0.241 e. The summed E-state index contributed by atoms with van der Waals surface area (Å²) in [6, 6.07) is 11.7. The van der Waals surface area contributed by atoms with Gasteiger partial charge in [-0.25, -0.2) is 0 Å². The average Bonchev–Trinajstić information content (AvgIpc) is 3.10. The number of rotatable bonds is 5. The molecule has 1 fully saturated rings. The summed E-state index contributed by atoms with van der Waals surface area (Å²) < 4.78 is 5.41. The third-order valence-corrected chi connectivity index (χ3v) is 4.70. The highest BCUT2D eigenvalue weighted by Gasteiger charge is 2.26. The van der Waals surface area contributed by atoms with Crippen molar-refractivity contribution >= 4 is 11.6 Å². The van der Waals surface area contributed by atoms with Crippen molar-refractivity contribution in [3.63, 3.8) is 0 Å². The Hall–Kier alpha value is -2.11. The van der Waals surface area contributed by atoms with Crippen LogP contribution in [0.4, 0.5) is 5.69 Å². The number of benzene rings is 1. The van der Waals surface area contributed by atoms with Gasteiger partial charge < -0.3 is 9.73 Å². The van der Waals surface area contributed by atoms with Crippen LogP contribution >= 0.6 is 0 Å². The van der Waals surface area contributed by atoms with E-state index in [4.69, 9.17) is 4.42 Å². The van der Waals surface area contributed by atoms with Gasteiger partial charge in [0.15, 0.2) is 0 Å². The molecular weight excluding hydrogens is 302 g/mol. The molecule has 0 aliphatic carbocycles. The number of aryl methyl sites for hydroxylation is 1. The van der Waals surface area contributed by atoms with Gasteiger partial charge in [-0.1, -0.05) is 18.2 Å². The van der Waals surface area contributed by atoms with E-state index in [1.54, 1.807) is 6.26 Å². The zero-order chi connectivity index (χ0) is 16.9. The Morgan fingerprint density at radius 2 is 1.92 bits per heavy atom. The predicted molar refractivity (Wildman–Crippen MR) is 94.8 cm³/mol. The van der Waals surface area contributed by atoms with E-state index in [1.807, 2.05) is 50.2 Å². The van der Waals surface area contributed by atoms with Gasteiger partial charge in [-0.15, -0.1) is 0 Å². The van der Waals surface area contributed by atoms with Crippen LogP contribution in [0, 0.1) is 6.92 Å². The number of anilines is 1. The minimum Gasteiger partial charge on any atom is -0.468 e. The van der Waals surface area contributed by atoms with E-state index < -0.39 is 0 Å². The number of hydrogen-bond acceptors (Lipinski definition) is 4. The van der Waals surface area contributed by atoms with Crippen molar-refractivity contribution < 1.29 is 9.21 Å². The van der Waals surface area contributed by atoms with Crippen LogP contribution in [0.5, 0.6) is 0 Å². The van der Waals surface area contributed by atoms with Crippen LogP contribution in [0.3, 0.4) is 0 Å². The van der Waals surface area contributed by atoms with Gasteiger partial charge in [-0.2, -0.15) is 0 Å². The zero-order valence-electron chi connectivity index (χ0n) is 14.4. The van der Waals surface area contributed by atoms with Crippen LogP contribution in [0.15, 0.2) is 47.1 Å². The van der Waals surface area contributed by atoms with Crippen LogP contribution in [0.2, 0.25) is 0 Å². The number of nitrogens with one attached hydrogen (secondary N) is 1. The van der Waals surface area contributed by atoms with Crippen molar-refractivity contribution in [2.45, 2.75) is 26.4 Å². The molecule has 1 N–H and O–H groups in total. The highest BCUT2D eigenvalue weighted by Crippen LogP contribution is 2.16. The minimum absolute atomic E-state index is 0.0591. The Balaban J connectivity index is 1.50. The molecule has 0 spiro atoms. The molecule has 1 aromatic carbocycles. The number of carbonyl (C=O) groups excluding carboxylic acids is 1. The zero-order valence-corrected chi connectivity index (χ0v) is 14.4. The average molecular weight is 327 g/mol. The first kappa shape index (κ1) is 16.7. The lowest BCUT2D eigenvalue weighted by Gasteiger charge is -2.37. The van der Waals surface area contributed by atoms with Crippen molar-refractivity contribution in [1.29, 1.82) is 0 Å². The molecule has 0 unspecified atom stereocenters. The molecule has 2 heterocycles. The normalized spacial score (nSPS) is 17.6. The van der Waals surface area contributed by atoms with Gasteiger partial charge in [0, 0.05) is 31.9 Å². The van der Waals surface area contributed by atoms with Gasteiger partial charge in [0.05, 0.1) is 18.8 Å². The van der Waals surface area contributed by atoms with Crippen molar-refractivity contribution in [1.82, 2.24) is 9.80 Å². The Morgan fingerprint density at radius 1 is 1.17 bits per heavy atom. The number of nitrogens with zero attached hydrogens (tertiary/aromatic N) is 2. The van der Waals surface area contributed by atoms with Gasteiger partial charge >= 0.3 is 0 Å². The highest BCUT2D eigenvalue weighted by atomic mass is 16.3. The number of hydrogen-bond donors (Lipinski definition) is 1. The number of amides is 1. The molecule has 5 nitrogen and oxygen atoms in total. The largest absolute Gasteiger partial charge is 0.468 e. The second-order valence-corrected chi connectivity index (χ2v) is 6.37. The summed E-state index contributed by atoms with van der Waals surface area (Å²) in [6.07, 6.45) is 1.71. The van der Waals surface area contributed by atoms with E-state index in [2.05, 4.69) is 15.1 Å². The van der Waals surface area contributed by atoms with Crippen LogP contribution in [-0.2, 0) is 11.3 Å². The lowest BCUT2D eigenvalue weighted by atomic mass is 10.1. The third-order valence-electron chi connectivity index (χ3n) is 4.70. The molecule has 128 valence electrons. The van der Waals surface area contributed by atoms with Crippen molar-refractivity contribution in [2.24, 2.45) is 0 Å². The molecule has 1 aliphatic heterocycles. The molecule has 3 rings (SSSR count). The number of piperazine rings is 1.